The Hall–Kier alpha value is -0.690. The number of alkyl halides is 1. The van der Waals surface area contributed by atoms with Gasteiger partial charge in [-0.3, -0.25) is 4.79 Å². The molecular weight excluding hydrogens is 309 g/mol. The van der Waals surface area contributed by atoms with Crippen molar-refractivity contribution < 1.29 is 22.3 Å². The van der Waals surface area contributed by atoms with Crippen LogP contribution in [-0.4, -0.2) is 38.5 Å². The van der Waals surface area contributed by atoms with Crippen LogP contribution in [0, 0.1) is 5.92 Å². The Balaban J connectivity index is 1.85. The van der Waals surface area contributed by atoms with E-state index in [0.29, 0.717) is 45.1 Å². The summed E-state index contributed by atoms with van der Waals surface area (Å²) < 4.78 is 46.2. The molecule has 2 atom stereocenters. The molecule has 7 heteroatoms. The number of esters is 1. The molecule has 0 aromatic rings. The number of hydrogen-bond donors (Lipinski definition) is 1. The minimum atomic E-state index is -3.62. The van der Waals surface area contributed by atoms with Gasteiger partial charge >= 0.3 is 5.97 Å². The molecule has 0 spiro atoms. The highest BCUT2D eigenvalue weighted by Gasteiger charge is 2.38. The molecule has 0 aromatic carbocycles. The van der Waals surface area contributed by atoms with Crippen LogP contribution in [0.4, 0.5) is 4.39 Å². The third-order valence-electron chi connectivity index (χ3n) is 4.70. The Morgan fingerprint density at radius 1 is 1.14 bits per heavy atom. The van der Waals surface area contributed by atoms with Crippen LogP contribution in [0.1, 0.15) is 58.3 Å². The monoisotopic (exact) mass is 335 g/mol. The first-order valence-corrected chi connectivity index (χ1v) is 9.80. The van der Waals surface area contributed by atoms with Gasteiger partial charge in [-0.15, -0.1) is 0 Å². The van der Waals surface area contributed by atoms with Crippen molar-refractivity contribution in [3.05, 3.63) is 0 Å². The van der Waals surface area contributed by atoms with E-state index in [4.69, 9.17) is 4.74 Å². The maximum atomic E-state index is 13.9. The van der Waals surface area contributed by atoms with Crippen LogP contribution in [0.15, 0.2) is 0 Å². The van der Waals surface area contributed by atoms with Gasteiger partial charge in [-0.05, 0) is 45.4 Å². The van der Waals surface area contributed by atoms with Crippen LogP contribution in [0.2, 0.25) is 0 Å². The van der Waals surface area contributed by atoms with Crippen LogP contribution < -0.4 is 4.72 Å². The lowest BCUT2D eigenvalue weighted by molar-refractivity contribution is -0.149. The fourth-order valence-corrected chi connectivity index (χ4v) is 5.30. The zero-order chi connectivity index (χ0) is 16.2. The minimum absolute atomic E-state index is 0.135. The first-order valence-electron chi connectivity index (χ1n) is 8.26. The lowest BCUT2D eigenvalue weighted by atomic mass is 9.86. The topological polar surface area (TPSA) is 72.5 Å². The standard InChI is InChI=1S/C15H26FNO4S/c1-2-21-15(18)11-7-9-12(10-8-11)17-22(19,20)14-6-4-3-5-13(14)16/h11-14,17H,2-10H2,1H3. The summed E-state index contributed by atoms with van der Waals surface area (Å²) >= 11 is 0. The normalized spacial score (nSPS) is 33.4. The molecule has 0 heterocycles. The quantitative estimate of drug-likeness (QED) is 0.783. The SMILES string of the molecule is CCOC(=O)C1CCC(NS(=O)(=O)C2CCCCC2F)CC1. The summed E-state index contributed by atoms with van der Waals surface area (Å²) in [6, 6.07) is -0.190. The van der Waals surface area contributed by atoms with Gasteiger partial charge in [-0.25, -0.2) is 17.5 Å². The Morgan fingerprint density at radius 2 is 1.77 bits per heavy atom. The predicted octanol–water partition coefficient (Wildman–Crippen LogP) is 2.31. The van der Waals surface area contributed by atoms with Crippen molar-refractivity contribution in [1.29, 1.82) is 0 Å². The number of rotatable bonds is 5. The molecule has 2 fully saturated rings. The lowest BCUT2D eigenvalue weighted by Gasteiger charge is -2.31. The van der Waals surface area contributed by atoms with E-state index in [9.17, 15) is 17.6 Å². The van der Waals surface area contributed by atoms with Crippen molar-refractivity contribution in [1.82, 2.24) is 4.72 Å². The van der Waals surface area contributed by atoms with Gasteiger partial charge in [0, 0.05) is 6.04 Å². The van der Waals surface area contributed by atoms with Crippen molar-refractivity contribution in [3.8, 4) is 0 Å². The van der Waals surface area contributed by atoms with Crippen LogP contribution in [0.25, 0.3) is 0 Å². The van der Waals surface area contributed by atoms with Crippen molar-refractivity contribution in [2.75, 3.05) is 6.61 Å². The van der Waals surface area contributed by atoms with E-state index < -0.39 is 21.4 Å². The third kappa shape index (κ3) is 4.41. The minimum Gasteiger partial charge on any atom is -0.466 e. The van der Waals surface area contributed by atoms with E-state index in [1.165, 1.54) is 0 Å². The molecule has 0 radical (unpaired) electrons. The van der Waals surface area contributed by atoms with E-state index in [-0.39, 0.29) is 17.9 Å². The van der Waals surface area contributed by atoms with Crippen LogP contribution in [0.3, 0.4) is 0 Å². The second-order valence-corrected chi connectivity index (χ2v) is 8.23. The van der Waals surface area contributed by atoms with Crippen molar-refractivity contribution in [2.24, 2.45) is 5.92 Å². The van der Waals surface area contributed by atoms with Crippen LogP contribution >= 0.6 is 0 Å². The molecule has 0 bridgehead atoms. The molecule has 2 aliphatic carbocycles. The fraction of sp³-hybridized carbons (Fsp3) is 0.933. The van der Waals surface area contributed by atoms with Gasteiger partial charge in [-0.2, -0.15) is 0 Å². The van der Waals surface area contributed by atoms with Crippen LogP contribution in [-0.2, 0) is 19.6 Å². The second kappa shape index (κ2) is 7.73. The van der Waals surface area contributed by atoms with Crippen molar-refractivity contribution >= 4 is 16.0 Å². The summed E-state index contributed by atoms with van der Waals surface area (Å²) in [6.45, 7) is 2.14. The number of ether oxygens (including phenoxy) is 1. The largest absolute Gasteiger partial charge is 0.466 e. The zero-order valence-corrected chi connectivity index (χ0v) is 13.9. The molecule has 0 amide bonds. The molecule has 1 N–H and O–H groups in total. The van der Waals surface area contributed by atoms with E-state index in [1.807, 2.05) is 0 Å². The van der Waals surface area contributed by atoms with Crippen LogP contribution in [0.5, 0.6) is 0 Å². The highest BCUT2D eigenvalue weighted by Crippen LogP contribution is 2.29. The average Bonchev–Trinajstić information content (AvgIpc) is 2.48. The zero-order valence-electron chi connectivity index (χ0n) is 13.1. The van der Waals surface area contributed by atoms with Crippen molar-refractivity contribution in [3.63, 3.8) is 0 Å². The molecule has 0 aliphatic heterocycles. The number of carbonyl (C=O) groups is 1. The van der Waals surface area contributed by atoms with E-state index in [1.54, 1.807) is 6.92 Å². The lowest BCUT2D eigenvalue weighted by Crippen LogP contribution is -2.47. The maximum absolute atomic E-state index is 13.9. The van der Waals surface area contributed by atoms with E-state index in [2.05, 4.69) is 4.72 Å². The van der Waals surface area contributed by atoms with Gasteiger partial charge in [0.05, 0.1) is 12.5 Å². The molecule has 2 unspecified atom stereocenters. The highest BCUT2D eigenvalue weighted by atomic mass is 32.2. The Kier molecular flexibility index (Phi) is 6.20. The molecule has 22 heavy (non-hydrogen) atoms. The first kappa shape index (κ1) is 17.7. The molecule has 5 nitrogen and oxygen atoms in total. The number of hydrogen-bond acceptors (Lipinski definition) is 4. The summed E-state index contributed by atoms with van der Waals surface area (Å²) in [4.78, 5) is 11.7. The fourth-order valence-electron chi connectivity index (χ4n) is 3.43. The molecule has 2 saturated carbocycles. The molecule has 2 aliphatic rings. The number of carbonyl (C=O) groups excluding carboxylic acids is 1. The van der Waals surface area contributed by atoms with Gasteiger partial charge in [0.15, 0.2) is 0 Å². The smallest absolute Gasteiger partial charge is 0.308 e. The Bertz CT molecular complexity index is 474. The van der Waals surface area contributed by atoms with Crippen molar-refractivity contribution in [2.45, 2.75) is 75.8 Å². The summed E-state index contributed by atoms with van der Waals surface area (Å²) in [7, 11) is -3.62. The molecule has 0 saturated heterocycles. The Morgan fingerprint density at radius 3 is 2.36 bits per heavy atom. The molecule has 128 valence electrons. The van der Waals surface area contributed by atoms with E-state index in [0.717, 1.165) is 12.8 Å². The third-order valence-corrected chi connectivity index (χ3v) is 6.69. The summed E-state index contributed by atoms with van der Waals surface area (Å²) in [5.74, 6) is -0.329. The predicted molar refractivity (Wildman–Crippen MR) is 81.6 cm³/mol. The molecular formula is C15H26FNO4S. The van der Waals surface area contributed by atoms with Gasteiger partial charge in [-0.1, -0.05) is 12.8 Å². The van der Waals surface area contributed by atoms with E-state index >= 15 is 0 Å². The number of nitrogens with one attached hydrogen (secondary N) is 1. The second-order valence-electron chi connectivity index (χ2n) is 6.30. The summed E-state index contributed by atoms with van der Waals surface area (Å²) in [5.41, 5.74) is 0. The summed E-state index contributed by atoms with van der Waals surface area (Å²) in [5, 5.41) is -0.913. The van der Waals surface area contributed by atoms with Gasteiger partial charge in [0.25, 0.3) is 0 Å². The molecule has 2 rings (SSSR count). The summed E-state index contributed by atoms with van der Waals surface area (Å²) in [6.07, 6.45) is 3.45. The maximum Gasteiger partial charge on any atom is 0.308 e. The highest BCUT2D eigenvalue weighted by molar-refractivity contribution is 7.90. The number of sulfonamides is 1. The van der Waals surface area contributed by atoms with Gasteiger partial charge < -0.3 is 4.74 Å². The van der Waals surface area contributed by atoms with Gasteiger partial charge in [0.1, 0.15) is 11.4 Å². The first-order chi connectivity index (χ1) is 10.4. The molecule has 0 aromatic heterocycles. The number of halogens is 1. The Labute approximate surface area is 132 Å². The average molecular weight is 335 g/mol. The van der Waals surface area contributed by atoms with Gasteiger partial charge in [0.2, 0.25) is 10.0 Å².